The fourth-order valence-electron chi connectivity index (χ4n) is 2.14. The summed E-state index contributed by atoms with van der Waals surface area (Å²) in [6.07, 6.45) is 2.11. The molecule has 2 rings (SSSR count). The molecule has 1 heterocycles. The molecule has 4 N–H and O–H groups in total. The Hall–Kier alpha value is -1.23. The van der Waals surface area contributed by atoms with Gasteiger partial charge in [0.15, 0.2) is 5.82 Å². The molecule has 0 radical (unpaired) electrons. The van der Waals surface area contributed by atoms with Crippen LogP contribution >= 0.6 is 24.0 Å². The molecular formula is C13H20BCl2N5O3. The van der Waals surface area contributed by atoms with Crippen molar-refractivity contribution in [3.63, 3.8) is 0 Å². The topological polar surface area (TPSA) is 119 Å². The maximum atomic E-state index is 8.58. The molecule has 0 aliphatic carbocycles. The summed E-state index contributed by atoms with van der Waals surface area (Å²) in [5.74, 6) is 0.614. The van der Waals surface area contributed by atoms with Crippen LogP contribution in [0.2, 0.25) is 5.02 Å². The quantitative estimate of drug-likeness (QED) is 0.440. The van der Waals surface area contributed by atoms with Crippen molar-refractivity contribution in [2.24, 2.45) is 5.73 Å². The predicted octanol–water partition coefficient (Wildman–Crippen LogP) is 0.953. The van der Waals surface area contributed by atoms with Gasteiger partial charge in [-0.05, 0) is 47.4 Å². The largest absolute Gasteiger partial charge is 0.633 e. The fraction of sp³-hybridized carbons (Fsp3) is 0.462. The van der Waals surface area contributed by atoms with Gasteiger partial charge in [-0.2, -0.15) is 0 Å². The smallest absolute Gasteiger partial charge is 0.402 e. The number of halogens is 2. The Balaban J connectivity index is 0.00000288. The molecular weight excluding hydrogens is 356 g/mol. The Bertz CT molecular complexity index is 600. The molecule has 1 aromatic carbocycles. The summed E-state index contributed by atoms with van der Waals surface area (Å²) in [5.41, 5.74) is 7.16. The van der Waals surface area contributed by atoms with Crippen LogP contribution in [-0.2, 0) is 11.2 Å². The van der Waals surface area contributed by atoms with E-state index in [1.54, 1.807) is 4.68 Å². The molecule has 1 unspecified atom stereocenters. The Labute approximate surface area is 151 Å². The highest BCUT2D eigenvalue weighted by molar-refractivity contribution is 6.32. The highest BCUT2D eigenvalue weighted by Gasteiger charge is 2.15. The van der Waals surface area contributed by atoms with Gasteiger partial charge in [-0.25, -0.2) is 4.68 Å². The van der Waals surface area contributed by atoms with E-state index < -0.39 is 7.32 Å². The zero-order chi connectivity index (χ0) is 16.7. The SMILES string of the molecule is Cl.NC(CCCCOB(O)O)c1nnnn1Cc1ccc(Cl)cc1. The third kappa shape index (κ3) is 6.72. The summed E-state index contributed by atoms with van der Waals surface area (Å²) >= 11 is 5.87. The second kappa shape index (κ2) is 10.6. The highest BCUT2D eigenvalue weighted by atomic mass is 35.5. The van der Waals surface area contributed by atoms with E-state index in [9.17, 15) is 0 Å². The lowest BCUT2D eigenvalue weighted by Gasteiger charge is -2.12. The van der Waals surface area contributed by atoms with Crippen LogP contribution in [0, 0.1) is 0 Å². The van der Waals surface area contributed by atoms with Crippen LogP contribution < -0.4 is 5.73 Å². The molecule has 0 aliphatic rings. The molecule has 11 heteroatoms. The number of hydrogen-bond donors (Lipinski definition) is 3. The molecule has 0 bridgehead atoms. The lowest BCUT2D eigenvalue weighted by atomic mass is 10.1. The number of tetrazole rings is 1. The van der Waals surface area contributed by atoms with Crippen LogP contribution in [0.3, 0.4) is 0 Å². The molecule has 24 heavy (non-hydrogen) atoms. The Morgan fingerprint density at radius 1 is 1.25 bits per heavy atom. The minimum atomic E-state index is -1.73. The lowest BCUT2D eigenvalue weighted by molar-refractivity contribution is 0.181. The van der Waals surface area contributed by atoms with E-state index in [1.807, 2.05) is 24.3 Å². The number of rotatable bonds is 9. The number of unbranched alkanes of at least 4 members (excludes halogenated alkanes) is 1. The van der Waals surface area contributed by atoms with Gasteiger partial charge in [0.2, 0.25) is 0 Å². The van der Waals surface area contributed by atoms with Crippen molar-refractivity contribution >= 4 is 31.3 Å². The predicted molar refractivity (Wildman–Crippen MR) is 92.5 cm³/mol. The first-order chi connectivity index (χ1) is 11.1. The molecule has 0 spiro atoms. The van der Waals surface area contributed by atoms with Crippen LogP contribution in [-0.4, -0.2) is 44.2 Å². The van der Waals surface area contributed by atoms with E-state index in [0.29, 0.717) is 30.2 Å². The number of nitrogens with two attached hydrogens (primary N) is 1. The molecule has 132 valence electrons. The molecule has 0 aliphatic heterocycles. The van der Waals surface area contributed by atoms with Crippen LogP contribution in [0.25, 0.3) is 0 Å². The number of aromatic nitrogens is 4. The molecule has 8 nitrogen and oxygen atoms in total. The first-order valence-corrected chi connectivity index (χ1v) is 7.68. The second-order valence-corrected chi connectivity index (χ2v) is 5.56. The van der Waals surface area contributed by atoms with Crippen LogP contribution in [0.5, 0.6) is 0 Å². The Kier molecular flexibility index (Phi) is 9.20. The van der Waals surface area contributed by atoms with Gasteiger partial charge in [0.1, 0.15) is 0 Å². The zero-order valence-corrected chi connectivity index (χ0v) is 14.5. The lowest BCUT2D eigenvalue weighted by Crippen LogP contribution is -2.19. The van der Waals surface area contributed by atoms with Gasteiger partial charge in [0.05, 0.1) is 12.6 Å². The second-order valence-electron chi connectivity index (χ2n) is 5.12. The average molecular weight is 376 g/mol. The van der Waals surface area contributed by atoms with E-state index >= 15 is 0 Å². The van der Waals surface area contributed by atoms with Gasteiger partial charge >= 0.3 is 7.32 Å². The highest BCUT2D eigenvalue weighted by Crippen LogP contribution is 2.16. The van der Waals surface area contributed by atoms with E-state index in [0.717, 1.165) is 12.0 Å². The fourth-order valence-corrected chi connectivity index (χ4v) is 2.26. The standard InChI is InChI=1S/C13H19BClN5O3.ClH/c15-11-6-4-10(5-7-11)9-20-13(17-18-19-20)12(16)3-1-2-8-23-14(21)22;/h4-7,12,21-22H,1-3,8-9,16H2;1H. The number of nitrogens with zero attached hydrogens (tertiary/aromatic N) is 4. The summed E-state index contributed by atoms with van der Waals surface area (Å²) in [6, 6.07) is 7.16. The Morgan fingerprint density at radius 2 is 1.96 bits per heavy atom. The summed E-state index contributed by atoms with van der Waals surface area (Å²) in [5, 5.41) is 29.5. The van der Waals surface area contributed by atoms with Crippen molar-refractivity contribution in [3.8, 4) is 0 Å². The van der Waals surface area contributed by atoms with Crippen molar-refractivity contribution in [1.29, 1.82) is 0 Å². The molecule has 2 aromatic rings. The summed E-state index contributed by atoms with van der Waals surface area (Å²) in [4.78, 5) is 0. The van der Waals surface area contributed by atoms with Gasteiger partial charge in [-0.3, -0.25) is 0 Å². The van der Waals surface area contributed by atoms with Crippen molar-refractivity contribution in [1.82, 2.24) is 20.2 Å². The van der Waals surface area contributed by atoms with Crippen LogP contribution in [0.1, 0.15) is 36.7 Å². The summed E-state index contributed by atoms with van der Waals surface area (Å²) in [6.45, 7) is 0.785. The molecule has 0 saturated carbocycles. The molecule has 0 amide bonds. The molecule has 1 atom stereocenters. The van der Waals surface area contributed by atoms with E-state index in [1.165, 1.54) is 0 Å². The maximum absolute atomic E-state index is 8.58. The van der Waals surface area contributed by atoms with Gasteiger partial charge in [0.25, 0.3) is 0 Å². The first kappa shape index (κ1) is 20.8. The van der Waals surface area contributed by atoms with E-state index in [2.05, 4.69) is 20.2 Å². The first-order valence-electron chi connectivity index (χ1n) is 7.30. The molecule has 1 aromatic heterocycles. The van der Waals surface area contributed by atoms with Crippen molar-refractivity contribution in [2.75, 3.05) is 6.61 Å². The van der Waals surface area contributed by atoms with Crippen molar-refractivity contribution in [3.05, 3.63) is 40.7 Å². The molecule has 0 saturated heterocycles. The third-order valence-corrected chi connectivity index (χ3v) is 3.57. The van der Waals surface area contributed by atoms with Crippen molar-refractivity contribution < 1.29 is 14.7 Å². The third-order valence-electron chi connectivity index (χ3n) is 3.31. The van der Waals surface area contributed by atoms with Crippen molar-refractivity contribution in [2.45, 2.75) is 31.8 Å². The number of hydrogen-bond acceptors (Lipinski definition) is 7. The summed E-state index contributed by atoms with van der Waals surface area (Å²) in [7, 11) is -1.73. The molecule has 0 fully saturated rings. The number of benzene rings is 1. The average Bonchev–Trinajstić information content (AvgIpc) is 2.97. The maximum Gasteiger partial charge on any atom is 0.633 e. The van der Waals surface area contributed by atoms with Gasteiger partial charge < -0.3 is 20.4 Å². The van der Waals surface area contributed by atoms with Crippen LogP contribution in [0.15, 0.2) is 24.3 Å². The van der Waals surface area contributed by atoms with E-state index in [4.69, 9.17) is 27.4 Å². The van der Waals surface area contributed by atoms with Gasteiger partial charge in [0, 0.05) is 11.6 Å². The van der Waals surface area contributed by atoms with Crippen LogP contribution in [0.4, 0.5) is 0 Å². The van der Waals surface area contributed by atoms with E-state index in [-0.39, 0.29) is 25.1 Å². The monoisotopic (exact) mass is 375 g/mol. The minimum absolute atomic E-state index is 0. The van der Waals surface area contributed by atoms with Gasteiger partial charge in [-0.1, -0.05) is 23.7 Å². The Morgan fingerprint density at radius 3 is 2.62 bits per heavy atom. The zero-order valence-electron chi connectivity index (χ0n) is 13.0. The normalized spacial score (nSPS) is 11.8. The summed E-state index contributed by atoms with van der Waals surface area (Å²) < 4.78 is 6.31. The van der Waals surface area contributed by atoms with Gasteiger partial charge in [-0.15, -0.1) is 17.5 Å². The minimum Gasteiger partial charge on any atom is -0.402 e.